The van der Waals surface area contributed by atoms with Crippen molar-refractivity contribution >= 4 is 11.3 Å². The Kier molecular flexibility index (Phi) is 4.76. The van der Waals surface area contributed by atoms with Crippen molar-refractivity contribution in [1.29, 1.82) is 0 Å². The summed E-state index contributed by atoms with van der Waals surface area (Å²) in [4.78, 5) is 7.14. The van der Waals surface area contributed by atoms with E-state index in [1.165, 1.54) is 23.5 Å². The van der Waals surface area contributed by atoms with Crippen molar-refractivity contribution in [3.8, 4) is 0 Å². The van der Waals surface area contributed by atoms with E-state index in [4.69, 9.17) is 4.98 Å². The van der Waals surface area contributed by atoms with Crippen molar-refractivity contribution in [1.82, 2.24) is 15.2 Å². The summed E-state index contributed by atoms with van der Waals surface area (Å²) in [5, 5.41) is 6.82. The fourth-order valence-corrected chi connectivity index (χ4v) is 2.87. The second-order valence-corrected chi connectivity index (χ2v) is 6.70. The predicted octanol–water partition coefficient (Wildman–Crippen LogP) is 2.87. The van der Waals surface area contributed by atoms with Crippen LogP contribution in [0.1, 0.15) is 44.3 Å². The van der Waals surface area contributed by atoms with Gasteiger partial charge in [0.15, 0.2) is 0 Å². The molecule has 1 aromatic rings. The van der Waals surface area contributed by atoms with Crippen LogP contribution in [0, 0.1) is 5.92 Å². The van der Waals surface area contributed by atoms with Crippen LogP contribution < -0.4 is 5.32 Å². The lowest BCUT2D eigenvalue weighted by atomic mass is 10.2. The Morgan fingerprint density at radius 3 is 2.78 bits per heavy atom. The number of thiazole rings is 1. The molecular weight excluding hydrogens is 242 g/mol. The molecule has 102 valence electrons. The Balaban J connectivity index is 1.81. The zero-order chi connectivity index (χ0) is 13.1. The molecule has 0 spiro atoms. The minimum atomic E-state index is 0.523. The van der Waals surface area contributed by atoms with E-state index in [1.807, 2.05) is 0 Å². The molecule has 1 unspecified atom stereocenters. The molecule has 0 aliphatic heterocycles. The summed E-state index contributed by atoms with van der Waals surface area (Å²) in [7, 11) is 2.22. The van der Waals surface area contributed by atoms with Gasteiger partial charge < -0.3 is 5.32 Å². The van der Waals surface area contributed by atoms with E-state index in [-0.39, 0.29) is 0 Å². The molecule has 2 rings (SSSR count). The fraction of sp³-hybridized carbons (Fsp3) is 0.786. The molecule has 1 heterocycles. The van der Waals surface area contributed by atoms with E-state index in [9.17, 15) is 0 Å². The van der Waals surface area contributed by atoms with Gasteiger partial charge in [-0.2, -0.15) is 0 Å². The van der Waals surface area contributed by atoms with Gasteiger partial charge in [0.05, 0.1) is 5.69 Å². The smallest absolute Gasteiger partial charge is 0.107 e. The molecule has 4 heteroatoms. The Morgan fingerprint density at radius 2 is 2.17 bits per heavy atom. The summed E-state index contributed by atoms with van der Waals surface area (Å²) in [6, 6.07) is 1.22. The molecule has 1 N–H and O–H groups in total. The number of hydrogen-bond acceptors (Lipinski definition) is 4. The Labute approximate surface area is 115 Å². The van der Waals surface area contributed by atoms with Crippen molar-refractivity contribution in [2.45, 2.75) is 58.8 Å². The minimum Gasteiger partial charge on any atom is -0.308 e. The van der Waals surface area contributed by atoms with Crippen molar-refractivity contribution in [2.24, 2.45) is 5.92 Å². The van der Waals surface area contributed by atoms with E-state index in [0.29, 0.717) is 12.1 Å². The normalized spacial score (nSPS) is 17.7. The van der Waals surface area contributed by atoms with E-state index in [0.717, 1.165) is 19.0 Å². The summed E-state index contributed by atoms with van der Waals surface area (Å²) in [6.45, 7) is 8.55. The van der Waals surface area contributed by atoms with Crippen LogP contribution in [0.3, 0.4) is 0 Å². The van der Waals surface area contributed by atoms with Crippen LogP contribution in [-0.2, 0) is 13.1 Å². The predicted molar refractivity (Wildman–Crippen MR) is 77.7 cm³/mol. The van der Waals surface area contributed by atoms with E-state index >= 15 is 0 Å². The third-order valence-electron chi connectivity index (χ3n) is 3.67. The highest BCUT2D eigenvalue weighted by Gasteiger charge is 2.30. The summed E-state index contributed by atoms with van der Waals surface area (Å²) >= 11 is 1.77. The topological polar surface area (TPSA) is 28.2 Å². The van der Waals surface area contributed by atoms with Gasteiger partial charge in [0.25, 0.3) is 0 Å². The van der Waals surface area contributed by atoms with E-state index in [1.54, 1.807) is 11.3 Å². The standard InChI is InChI=1S/C14H25N3S/c1-10(2)15-7-14-16-13(9-18-14)8-17(4)11(3)12-5-6-12/h9-12,15H,5-8H2,1-4H3. The van der Waals surface area contributed by atoms with Gasteiger partial charge in [-0.3, -0.25) is 4.90 Å². The Hall–Kier alpha value is -0.450. The first-order chi connectivity index (χ1) is 8.56. The van der Waals surface area contributed by atoms with Crippen LogP contribution in [0.15, 0.2) is 5.38 Å². The summed E-state index contributed by atoms with van der Waals surface area (Å²) < 4.78 is 0. The first-order valence-electron chi connectivity index (χ1n) is 6.93. The molecular formula is C14H25N3S. The van der Waals surface area contributed by atoms with Gasteiger partial charge in [0.1, 0.15) is 5.01 Å². The number of aromatic nitrogens is 1. The second kappa shape index (κ2) is 6.13. The molecule has 0 aromatic carbocycles. The van der Waals surface area contributed by atoms with Gasteiger partial charge in [-0.15, -0.1) is 11.3 Å². The van der Waals surface area contributed by atoms with Crippen LogP contribution in [0.5, 0.6) is 0 Å². The zero-order valence-electron chi connectivity index (χ0n) is 11.9. The van der Waals surface area contributed by atoms with Crippen molar-refractivity contribution < 1.29 is 0 Å². The molecule has 1 aliphatic rings. The highest BCUT2D eigenvalue weighted by atomic mass is 32.1. The van der Waals surface area contributed by atoms with Crippen molar-refractivity contribution in [3.05, 3.63) is 16.1 Å². The van der Waals surface area contributed by atoms with Crippen LogP contribution in [0.25, 0.3) is 0 Å². The third kappa shape index (κ3) is 4.04. The fourth-order valence-electron chi connectivity index (χ4n) is 2.13. The molecule has 1 fully saturated rings. The van der Waals surface area contributed by atoms with Gasteiger partial charge in [0.2, 0.25) is 0 Å². The van der Waals surface area contributed by atoms with Gasteiger partial charge >= 0.3 is 0 Å². The maximum Gasteiger partial charge on any atom is 0.107 e. The monoisotopic (exact) mass is 267 g/mol. The largest absolute Gasteiger partial charge is 0.308 e. The highest BCUT2D eigenvalue weighted by Crippen LogP contribution is 2.35. The molecule has 18 heavy (non-hydrogen) atoms. The Bertz CT molecular complexity index is 371. The second-order valence-electron chi connectivity index (χ2n) is 5.76. The number of rotatable bonds is 7. The molecule has 1 aliphatic carbocycles. The first-order valence-corrected chi connectivity index (χ1v) is 7.81. The van der Waals surface area contributed by atoms with Crippen LogP contribution >= 0.6 is 11.3 Å². The quantitative estimate of drug-likeness (QED) is 0.823. The van der Waals surface area contributed by atoms with Gasteiger partial charge in [-0.1, -0.05) is 13.8 Å². The van der Waals surface area contributed by atoms with Crippen molar-refractivity contribution in [2.75, 3.05) is 7.05 Å². The molecule has 0 saturated heterocycles. The maximum absolute atomic E-state index is 4.70. The lowest BCUT2D eigenvalue weighted by molar-refractivity contribution is 0.224. The number of nitrogens with zero attached hydrogens (tertiary/aromatic N) is 2. The highest BCUT2D eigenvalue weighted by molar-refractivity contribution is 7.09. The molecule has 0 bridgehead atoms. The first kappa shape index (κ1) is 14.0. The SMILES string of the molecule is CC(C)NCc1nc(CN(C)C(C)C2CC2)cs1. The van der Waals surface area contributed by atoms with Crippen LogP contribution in [0.2, 0.25) is 0 Å². The lowest BCUT2D eigenvalue weighted by Gasteiger charge is -2.23. The number of hydrogen-bond donors (Lipinski definition) is 1. The van der Waals surface area contributed by atoms with Gasteiger partial charge in [-0.25, -0.2) is 4.98 Å². The third-order valence-corrected chi connectivity index (χ3v) is 4.57. The number of nitrogens with one attached hydrogen (secondary N) is 1. The summed E-state index contributed by atoms with van der Waals surface area (Å²) in [5.74, 6) is 0.927. The average molecular weight is 267 g/mol. The van der Waals surface area contributed by atoms with Crippen LogP contribution in [-0.4, -0.2) is 29.0 Å². The van der Waals surface area contributed by atoms with E-state index < -0.39 is 0 Å². The molecule has 0 radical (unpaired) electrons. The summed E-state index contributed by atoms with van der Waals surface area (Å²) in [5.41, 5.74) is 1.22. The molecule has 1 saturated carbocycles. The zero-order valence-corrected chi connectivity index (χ0v) is 12.8. The van der Waals surface area contributed by atoms with E-state index in [2.05, 4.69) is 43.4 Å². The van der Waals surface area contributed by atoms with Gasteiger partial charge in [0, 0.05) is 30.6 Å². The van der Waals surface area contributed by atoms with Gasteiger partial charge in [-0.05, 0) is 32.7 Å². The maximum atomic E-state index is 4.70. The van der Waals surface area contributed by atoms with Crippen LogP contribution in [0.4, 0.5) is 0 Å². The lowest BCUT2D eigenvalue weighted by Crippen LogP contribution is -2.30. The summed E-state index contributed by atoms with van der Waals surface area (Å²) in [6.07, 6.45) is 2.82. The minimum absolute atomic E-state index is 0.523. The Morgan fingerprint density at radius 1 is 1.44 bits per heavy atom. The molecule has 1 aromatic heterocycles. The average Bonchev–Trinajstić information content (AvgIpc) is 3.07. The molecule has 1 atom stereocenters. The van der Waals surface area contributed by atoms with Crippen molar-refractivity contribution in [3.63, 3.8) is 0 Å². The molecule has 3 nitrogen and oxygen atoms in total. The molecule has 0 amide bonds.